The molecule has 0 aromatic carbocycles. The lowest BCUT2D eigenvalue weighted by Gasteiger charge is -2.28. The molecule has 0 spiro atoms. The van der Waals surface area contributed by atoms with Crippen LogP contribution in [0.15, 0.2) is 0 Å². The van der Waals surface area contributed by atoms with E-state index in [1.54, 1.807) is 13.8 Å². The van der Waals surface area contributed by atoms with Crippen molar-refractivity contribution in [3.05, 3.63) is 0 Å². The summed E-state index contributed by atoms with van der Waals surface area (Å²) in [7, 11) is 0. The number of amides is 2. The molecule has 0 aromatic rings. The normalized spacial score (nSPS) is 11.4. The number of aliphatic carboxylic acids is 1. The van der Waals surface area contributed by atoms with E-state index in [9.17, 15) is 14.7 Å². The van der Waals surface area contributed by atoms with Crippen LogP contribution in [-0.2, 0) is 9.53 Å². The van der Waals surface area contributed by atoms with Crippen LogP contribution in [0.3, 0.4) is 0 Å². The van der Waals surface area contributed by atoms with Gasteiger partial charge in [-0.3, -0.25) is 0 Å². The highest BCUT2D eigenvalue weighted by atomic mass is 16.5. The van der Waals surface area contributed by atoms with Crippen LogP contribution in [0.25, 0.3) is 0 Å². The number of ether oxygens (including phenoxy) is 1. The quantitative estimate of drug-likeness (QED) is 0.536. The molecule has 3 N–H and O–H groups in total. The monoisotopic (exact) mass is 288 g/mol. The minimum absolute atomic E-state index is 0.344. The Morgan fingerprint density at radius 2 is 1.80 bits per heavy atom. The summed E-state index contributed by atoms with van der Waals surface area (Å²) in [5.74, 6) is -0.414. The van der Waals surface area contributed by atoms with Crippen molar-refractivity contribution in [2.75, 3.05) is 19.8 Å². The topological polar surface area (TPSA) is 87.7 Å². The Hall–Kier alpha value is -1.30. The van der Waals surface area contributed by atoms with E-state index >= 15 is 0 Å². The standard InChI is InChI=1S/C14H28N2O4/c1-5-14(6-2,12(17)18)16-13(19)15-8-10-20-9-7-11(3)4/h11H,5-10H2,1-4H3,(H,17,18)(H2,15,16,19). The summed E-state index contributed by atoms with van der Waals surface area (Å²) in [6.07, 6.45) is 1.67. The molecule has 6 nitrogen and oxygen atoms in total. The Bertz CT molecular complexity index is 302. The highest BCUT2D eigenvalue weighted by molar-refractivity contribution is 5.86. The zero-order chi connectivity index (χ0) is 15.6. The van der Waals surface area contributed by atoms with Gasteiger partial charge < -0.3 is 20.5 Å². The highest BCUT2D eigenvalue weighted by Crippen LogP contribution is 2.14. The second-order valence-corrected chi connectivity index (χ2v) is 5.27. The molecule has 118 valence electrons. The lowest BCUT2D eigenvalue weighted by molar-refractivity contribution is -0.144. The van der Waals surface area contributed by atoms with Gasteiger partial charge >= 0.3 is 12.0 Å². The van der Waals surface area contributed by atoms with Gasteiger partial charge in [0, 0.05) is 13.2 Å². The van der Waals surface area contributed by atoms with Crippen molar-refractivity contribution in [3.8, 4) is 0 Å². The number of hydrogen-bond donors (Lipinski definition) is 3. The SMILES string of the molecule is CCC(CC)(NC(=O)NCCOCCC(C)C)C(=O)O. The molecule has 0 aliphatic heterocycles. The molecule has 0 aromatic heterocycles. The first kappa shape index (κ1) is 18.7. The lowest BCUT2D eigenvalue weighted by Crippen LogP contribution is -2.56. The van der Waals surface area contributed by atoms with Crippen LogP contribution in [0.4, 0.5) is 4.79 Å². The van der Waals surface area contributed by atoms with E-state index in [1.807, 2.05) is 0 Å². The Labute approximate surface area is 121 Å². The van der Waals surface area contributed by atoms with Crippen molar-refractivity contribution in [3.63, 3.8) is 0 Å². The first-order valence-corrected chi connectivity index (χ1v) is 7.25. The first-order chi connectivity index (χ1) is 9.38. The number of carbonyl (C=O) groups excluding carboxylic acids is 1. The predicted octanol–water partition coefficient (Wildman–Crippen LogP) is 1.99. The fourth-order valence-electron chi connectivity index (χ4n) is 1.70. The van der Waals surface area contributed by atoms with Crippen molar-refractivity contribution in [2.24, 2.45) is 5.92 Å². The lowest BCUT2D eigenvalue weighted by atomic mass is 9.93. The summed E-state index contributed by atoms with van der Waals surface area (Å²) in [6.45, 7) is 9.20. The maximum absolute atomic E-state index is 11.7. The van der Waals surface area contributed by atoms with Crippen LogP contribution in [0.1, 0.15) is 47.0 Å². The molecule has 0 saturated carbocycles. The average molecular weight is 288 g/mol. The maximum atomic E-state index is 11.7. The fourth-order valence-corrected chi connectivity index (χ4v) is 1.70. The van der Waals surface area contributed by atoms with Gasteiger partial charge in [-0.15, -0.1) is 0 Å². The highest BCUT2D eigenvalue weighted by Gasteiger charge is 2.36. The zero-order valence-electron chi connectivity index (χ0n) is 13.0. The van der Waals surface area contributed by atoms with Gasteiger partial charge in [-0.25, -0.2) is 9.59 Å². The number of carbonyl (C=O) groups is 2. The molecule has 0 atom stereocenters. The zero-order valence-corrected chi connectivity index (χ0v) is 13.0. The van der Waals surface area contributed by atoms with Crippen molar-refractivity contribution in [1.82, 2.24) is 10.6 Å². The molecule has 6 heteroatoms. The summed E-state index contributed by atoms with van der Waals surface area (Å²) in [5.41, 5.74) is -1.19. The third-order valence-corrected chi connectivity index (χ3v) is 3.34. The number of rotatable bonds is 10. The molecule has 0 unspecified atom stereocenters. The summed E-state index contributed by atoms with van der Waals surface area (Å²) >= 11 is 0. The summed E-state index contributed by atoms with van der Waals surface area (Å²) in [5, 5.41) is 14.3. The Morgan fingerprint density at radius 1 is 1.20 bits per heavy atom. The van der Waals surface area contributed by atoms with Crippen molar-refractivity contribution in [2.45, 2.75) is 52.5 Å². The van der Waals surface area contributed by atoms with E-state index in [1.165, 1.54) is 0 Å². The largest absolute Gasteiger partial charge is 0.480 e. The average Bonchev–Trinajstić information content (AvgIpc) is 2.39. The minimum atomic E-state index is -1.19. The Morgan fingerprint density at radius 3 is 2.25 bits per heavy atom. The van der Waals surface area contributed by atoms with Gasteiger partial charge in [-0.1, -0.05) is 27.7 Å². The molecule has 0 radical (unpaired) electrons. The first-order valence-electron chi connectivity index (χ1n) is 7.25. The van der Waals surface area contributed by atoms with Crippen LogP contribution in [0.2, 0.25) is 0 Å². The molecule has 20 heavy (non-hydrogen) atoms. The van der Waals surface area contributed by atoms with Crippen LogP contribution in [-0.4, -0.2) is 42.4 Å². The van der Waals surface area contributed by atoms with Crippen LogP contribution in [0, 0.1) is 5.92 Å². The van der Waals surface area contributed by atoms with E-state index in [0.717, 1.165) is 6.42 Å². The molecule has 0 rings (SSSR count). The second-order valence-electron chi connectivity index (χ2n) is 5.27. The minimum Gasteiger partial charge on any atom is -0.480 e. The Balaban J connectivity index is 3.95. The van der Waals surface area contributed by atoms with Crippen LogP contribution in [0.5, 0.6) is 0 Å². The van der Waals surface area contributed by atoms with Gasteiger partial charge in [0.05, 0.1) is 6.61 Å². The van der Waals surface area contributed by atoms with E-state index < -0.39 is 17.5 Å². The summed E-state index contributed by atoms with van der Waals surface area (Å²) in [6, 6.07) is -0.469. The van der Waals surface area contributed by atoms with Crippen molar-refractivity contribution < 1.29 is 19.4 Å². The predicted molar refractivity (Wildman–Crippen MR) is 77.8 cm³/mol. The maximum Gasteiger partial charge on any atom is 0.329 e. The fraction of sp³-hybridized carbons (Fsp3) is 0.857. The van der Waals surface area contributed by atoms with E-state index in [2.05, 4.69) is 24.5 Å². The second kappa shape index (κ2) is 9.58. The molecule has 0 fully saturated rings. The van der Waals surface area contributed by atoms with Gasteiger partial charge in [-0.05, 0) is 25.2 Å². The molecule has 0 saturated heterocycles. The van der Waals surface area contributed by atoms with Crippen molar-refractivity contribution >= 4 is 12.0 Å². The van der Waals surface area contributed by atoms with Crippen molar-refractivity contribution in [1.29, 1.82) is 0 Å². The molecule has 0 heterocycles. The number of carboxylic acids is 1. The van der Waals surface area contributed by atoms with E-state index in [0.29, 0.717) is 38.5 Å². The van der Waals surface area contributed by atoms with Gasteiger partial charge in [0.1, 0.15) is 5.54 Å². The van der Waals surface area contributed by atoms with Crippen LogP contribution < -0.4 is 10.6 Å². The third kappa shape index (κ3) is 6.75. The molecule has 0 aliphatic rings. The number of hydrogen-bond acceptors (Lipinski definition) is 3. The molecule has 0 bridgehead atoms. The summed E-state index contributed by atoms with van der Waals surface area (Å²) < 4.78 is 5.37. The van der Waals surface area contributed by atoms with Gasteiger partial charge in [0.15, 0.2) is 0 Å². The molecular weight excluding hydrogens is 260 g/mol. The Kier molecular flexibility index (Phi) is 8.96. The smallest absolute Gasteiger partial charge is 0.329 e. The van der Waals surface area contributed by atoms with E-state index in [-0.39, 0.29) is 0 Å². The van der Waals surface area contributed by atoms with Gasteiger partial charge in [0.25, 0.3) is 0 Å². The van der Waals surface area contributed by atoms with Gasteiger partial charge in [0.2, 0.25) is 0 Å². The number of urea groups is 1. The summed E-state index contributed by atoms with van der Waals surface area (Å²) in [4.78, 5) is 22.9. The number of nitrogens with one attached hydrogen (secondary N) is 2. The van der Waals surface area contributed by atoms with Gasteiger partial charge in [-0.2, -0.15) is 0 Å². The van der Waals surface area contributed by atoms with Crippen LogP contribution >= 0.6 is 0 Å². The molecule has 0 aliphatic carbocycles. The third-order valence-electron chi connectivity index (χ3n) is 3.34. The number of carboxylic acid groups (broad SMARTS) is 1. The van der Waals surface area contributed by atoms with E-state index in [4.69, 9.17) is 4.74 Å². The molecular formula is C14H28N2O4. The molecule has 2 amide bonds.